The van der Waals surface area contributed by atoms with Crippen LogP contribution in [0.15, 0.2) is 29.4 Å². The number of fused-ring (bicyclic) bond motifs is 1. The molecule has 120 valence electrons. The van der Waals surface area contributed by atoms with Crippen molar-refractivity contribution in [1.29, 1.82) is 0 Å². The first-order valence-corrected chi connectivity index (χ1v) is 9.07. The Morgan fingerprint density at radius 3 is 2.96 bits per heavy atom. The molecule has 0 spiro atoms. The van der Waals surface area contributed by atoms with Gasteiger partial charge < -0.3 is 11.2 Å². The minimum atomic E-state index is -0.0676. The van der Waals surface area contributed by atoms with Gasteiger partial charge in [0, 0.05) is 16.6 Å². The summed E-state index contributed by atoms with van der Waals surface area (Å²) in [6.45, 7) is 2.47. The summed E-state index contributed by atoms with van der Waals surface area (Å²) >= 11 is 9.19. The number of aromatic nitrogens is 3. The molecule has 2 aromatic heterocycles. The molecule has 1 amide bonds. The Hall–Kier alpha value is -1.77. The van der Waals surface area contributed by atoms with Crippen LogP contribution in [-0.2, 0) is 4.79 Å². The molecule has 1 aromatic carbocycles. The van der Waals surface area contributed by atoms with Crippen LogP contribution >= 0.6 is 34.7 Å². The highest BCUT2D eigenvalue weighted by Gasteiger charge is 2.19. The number of amides is 1. The SMILES string of the molecule is CCNC(=O)CSc1nnc(-c2sc3ccccc3c2Cl)n1N. The zero-order valence-corrected chi connectivity index (χ0v) is 14.6. The summed E-state index contributed by atoms with van der Waals surface area (Å²) in [5, 5.41) is 13.0. The maximum Gasteiger partial charge on any atom is 0.230 e. The number of hydrogen-bond acceptors (Lipinski definition) is 6. The van der Waals surface area contributed by atoms with Crippen molar-refractivity contribution in [2.24, 2.45) is 0 Å². The van der Waals surface area contributed by atoms with Crippen LogP contribution in [-0.4, -0.2) is 33.1 Å². The van der Waals surface area contributed by atoms with E-state index < -0.39 is 0 Å². The average Bonchev–Trinajstić information content (AvgIpc) is 3.07. The van der Waals surface area contributed by atoms with E-state index >= 15 is 0 Å². The zero-order chi connectivity index (χ0) is 16.4. The summed E-state index contributed by atoms with van der Waals surface area (Å²) in [4.78, 5) is 12.3. The van der Waals surface area contributed by atoms with Gasteiger partial charge in [0.1, 0.15) is 0 Å². The summed E-state index contributed by atoms with van der Waals surface area (Å²) in [6, 6.07) is 7.85. The number of nitrogens with one attached hydrogen (secondary N) is 1. The molecule has 23 heavy (non-hydrogen) atoms. The highest BCUT2D eigenvalue weighted by Crippen LogP contribution is 2.41. The topological polar surface area (TPSA) is 85.8 Å². The molecule has 2 heterocycles. The number of thioether (sulfide) groups is 1. The van der Waals surface area contributed by atoms with Gasteiger partial charge in [-0.15, -0.1) is 21.5 Å². The van der Waals surface area contributed by atoms with Crippen molar-refractivity contribution in [2.45, 2.75) is 12.1 Å². The minimum absolute atomic E-state index is 0.0676. The largest absolute Gasteiger partial charge is 0.356 e. The summed E-state index contributed by atoms with van der Waals surface area (Å²) < 4.78 is 2.44. The lowest BCUT2D eigenvalue weighted by molar-refractivity contribution is -0.118. The molecule has 0 atom stereocenters. The maximum absolute atomic E-state index is 11.5. The number of thiophene rings is 1. The quantitative estimate of drug-likeness (QED) is 0.535. The van der Waals surface area contributed by atoms with Crippen LogP contribution in [0, 0.1) is 0 Å². The molecule has 0 saturated heterocycles. The van der Waals surface area contributed by atoms with E-state index in [-0.39, 0.29) is 11.7 Å². The number of nitrogens with two attached hydrogens (primary N) is 1. The van der Waals surface area contributed by atoms with E-state index in [9.17, 15) is 4.79 Å². The molecule has 3 rings (SSSR count). The number of nitrogen functional groups attached to an aromatic ring is 1. The van der Waals surface area contributed by atoms with Crippen molar-refractivity contribution in [3.05, 3.63) is 29.3 Å². The number of rotatable bonds is 5. The molecule has 0 aliphatic carbocycles. The van der Waals surface area contributed by atoms with Gasteiger partial charge in [-0.05, 0) is 13.0 Å². The molecule has 9 heteroatoms. The average molecular weight is 368 g/mol. The molecular weight excluding hydrogens is 354 g/mol. The van der Waals surface area contributed by atoms with Crippen molar-refractivity contribution in [3.8, 4) is 10.7 Å². The lowest BCUT2D eigenvalue weighted by Gasteiger charge is -2.03. The van der Waals surface area contributed by atoms with E-state index in [1.54, 1.807) is 0 Å². The van der Waals surface area contributed by atoms with E-state index in [2.05, 4.69) is 15.5 Å². The van der Waals surface area contributed by atoms with E-state index in [1.807, 2.05) is 31.2 Å². The van der Waals surface area contributed by atoms with Crippen molar-refractivity contribution < 1.29 is 4.79 Å². The summed E-state index contributed by atoms with van der Waals surface area (Å²) in [6.07, 6.45) is 0. The molecular formula is C14H14ClN5OS2. The number of nitrogens with zero attached hydrogens (tertiary/aromatic N) is 3. The van der Waals surface area contributed by atoms with Gasteiger partial charge in [0.2, 0.25) is 11.1 Å². The second-order valence-electron chi connectivity index (χ2n) is 4.66. The molecule has 0 aliphatic rings. The van der Waals surface area contributed by atoms with E-state index in [1.165, 1.54) is 27.8 Å². The Morgan fingerprint density at radius 1 is 1.43 bits per heavy atom. The van der Waals surface area contributed by atoms with Gasteiger partial charge >= 0.3 is 0 Å². The normalized spacial score (nSPS) is 11.0. The molecule has 0 bridgehead atoms. The number of carbonyl (C=O) groups is 1. The Kier molecular flexibility index (Phi) is 4.74. The van der Waals surface area contributed by atoms with Gasteiger partial charge in [0.05, 0.1) is 15.7 Å². The Bertz CT molecular complexity index is 860. The van der Waals surface area contributed by atoms with Crippen LogP contribution in [0.4, 0.5) is 0 Å². The first-order chi connectivity index (χ1) is 11.1. The number of benzene rings is 1. The van der Waals surface area contributed by atoms with Crippen LogP contribution in [0.3, 0.4) is 0 Å². The lowest BCUT2D eigenvalue weighted by atomic mass is 10.2. The van der Waals surface area contributed by atoms with Gasteiger partial charge in [-0.2, -0.15) is 0 Å². The second-order valence-corrected chi connectivity index (χ2v) is 7.03. The van der Waals surface area contributed by atoms with Crippen molar-refractivity contribution >= 4 is 50.7 Å². The van der Waals surface area contributed by atoms with Crippen LogP contribution in [0.2, 0.25) is 5.02 Å². The summed E-state index contributed by atoms with van der Waals surface area (Å²) in [5.41, 5.74) is 0. The van der Waals surface area contributed by atoms with Gasteiger partial charge in [-0.25, -0.2) is 4.68 Å². The third-order valence-electron chi connectivity index (χ3n) is 3.11. The van der Waals surface area contributed by atoms with Gasteiger partial charge in [0.15, 0.2) is 5.82 Å². The van der Waals surface area contributed by atoms with E-state index in [0.29, 0.717) is 22.5 Å². The minimum Gasteiger partial charge on any atom is -0.356 e. The first kappa shape index (κ1) is 16.1. The Labute approximate surface area is 146 Å². The molecule has 6 nitrogen and oxygen atoms in total. The van der Waals surface area contributed by atoms with Gasteiger partial charge in [-0.3, -0.25) is 4.79 Å². The molecule has 0 unspecified atom stereocenters. The zero-order valence-electron chi connectivity index (χ0n) is 12.2. The van der Waals surface area contributed by atoms with E-state index in [4.69, 9.17) is 17.4 Å². The third kappa shape index (κ3) is 3.15. The molecule has 0 aliphatic heterocycles. The van der Waals surface area contributed by atoms with Crippen LogP contribution < -0.4 is 11.2 Å². The Morgan fingerprint density at radius 2 is 2.22 bits per heavy atom. The highest BCUT2D eigenvalue weighted by atomic mass is 35.5. The summed E-state index contributed by atoms with van der Waals surface area (Å²) in [7, 11) is 0. The fourth-order valence-corrected chi connectivity index (χ4v) is 4.25. The molecule has 0 saturated carbocycles. The van der Waals surface area contributed by atoms with Crippen LogP contribution in [0.5, 0.6) is 0 Å². The first-order valence-electron chi connectivity index (χ1n) is 6.89. The molecule has 0 fully saturated rings. The lowest BCUT2D eigenvalue weighted by Crippen LogP contribution is -2.24. The maximum atomic E-state index is 11.5. The number of carbonyl (C=O) groups excluding carboxylic acids is 1. The number of hydrogen-bond donors (Lipinski definition) is 2. The van der Waals surface area contributed by atoms with Gasteiger partial charge in [0.25, 0.3) is 0 Å². The van der Waals surface area contributed by atoms with Crippen molar-refractivity contribution in [3.63, 3.8) is 0 Å². The standard InChI is InChI=1S/C14H14ClN5OS2/c1-2-17-10(21)7-22-14-19-18-13(20(14)16)12-11(15)8-5-3-4-6-9(8)23-12/h3-6H,2,7,16H2,1H3,(H,17,21). The van der Waals surface area contributed by atoms with Gasteiger partial charge in [-0.1, -0.05) is 41.6 Å². The fourth-order valence-electron chi connectivity index (χ4n) is 2.07. The molecule has 3 aromatic rings. The Balaban J connectivity index is 1.89. The highest BCUT2D eigenvalue weighted by molar-refractivity contribution is 7.99. The molecule has 0 radical (unpaired) electrons. The van der Waals surface area contributed by atoms with Crippen molar-refractivity contribution in [2.75, 3.05) is 18.1 Å². The van der Waals surface area contributed by atoms with Crippen molar-refractivity contribution in [1.82, 2.24) is 20.2 Å². The van der Waals surface area contributed by atoms with Crippen LogP contribution in [0.25, 0.3) is 20.8 Å². The summed E-state index contributed by atoms with van der Waals surface area (Å²) in [5.74, 6) is 6.74. The van der Waals surface area contributed by atoms with Crippen LogP contribution in [0.1, 0.15) is 6.92 Å². The third-order valence-corrected chi connectivity index (χ3v) is 5.72. The number of halogens is 1. The predicted octanol–water partition coefficient (Wildman–Crippen LogP) is 2.76. The monoisotopic (exact) mass is 367 g/mol. The predicted molar refractivity (Wildman–Crippen MR) is 95.4 cm³/mol. The fraction of sp³-hybridized carbons (Fsp3) is 0.214. The smallest absolute Gasteiger partial charge is 0.230 e. The molecule has 3 N–H and O–H groups in total. The van der Waals surface area contributed by atoms with E-state index in [0.717, 1.165) is 15.0 Å². The second kappa shape index (κ2) is 6.77.